The van der Waals surface area contributed by atoms with Gasteiger partial charge < -0.3 is 18.9 Å². The van der Waals surface area contributed by atoms with Crippen molar-refractivity contribution < 1.29 is 23.6 Å². The number of hydrogen-bond donors (Lipinski definition) is 0. The molecule has 1 aliphatic rings. The van der Waals surface area contributed by atoms with Crippen LogP contribution in [-0.4, -0.2) is 40.4 Å². The zero-order valence-corrected chi connectivity index (χ0v) is 16.5. The van der Waals surface area contributed by atoms with Gasteiger partial charge in [-0.2, -0.15) is 0 Å². The summed E-state index contributed by atoms with van der Waals surface area (Å²) in [5.74, 6) is -0.324. The van der Waals surface area contributed by atoms with Crippen LogP contribution in [0.5, 0.6) is 0 Å². The Hall–Kier alpha value is -2.57. The predicted octanol–water partition coefficient (Wildman–Crippen LogP) is 3.62. The average molecular weight is 374 g/mol. The Kier molecular flexibility index (Phi) is 5.13. The van der Waals surface area contributed by atoms with Crippen LogP contribution in [0.4, 0.5) is 4.79 Å². The molecule has 1 aromatic heterocycles. The number of hydrogen-bond acceptors (Lipinski definition) is 6. The lowest BCUT2D eigenvalue weighted by Gasteiger charge is -2.35. The van der Waals surface area contributed by atoms with Gasteiger partial charge in [-0.3, -0.25) is 4.79 Å². The van der Waals surface area contributed by atoms with Crippen LogP contribution in [0.25, 0.3) is 11.0 Å². The Morgan fingerprint density at radius 1 is 1.33 bits per heavy atom. The van der Waals surface area contributed by atoms with E-state index in [1.54, 1.807) is 11.8 Å². The van der Waals surface area contributed by atoms with E-state index in [1.165, 1.54) is 0 Å². The molecular weight excluding hydrogens is 348 g/mol. The highest BCUT2D eigenvalue weighted by molar-refractivity contribution is 5.87. The Balaban J connectivity index is 1.87. The number of amides is 1. The van der Waals surface area contributed by atoms with Gasteiger partial charge in [-0.25, -0.2) is 4.79 Å². The van der Waals surface area contributed by atoms with E-state index in [0.29, 0.717) is 30.8 Å². The lowest BCUT2D eigenvalue weighted by atomic mass is 9.93. The maximum Gasteiger partial charge on any atom is 0.410 e. The number of aromatic nitrogens is 1. The number of ether oxygens (including phenoxy) is 2. The SMILES string of the molecule is CCOC(=O)Cc1noc2c3c(ccc12)CN(C(=O)OC(C)(C)C)C(C)C3. The van der Waals surface area contributed by atoms with Gasteiger partial charge in [0.2, 0.25) is 0 Å². The summed E-state index contributed by atoms with van der Waals surface area (Å²) in [6.07, 6.45) is 0.403. The van der Waals surface area contributed by atoms with E-state index in [2.05, 4.69) is 5.16 Å². The van der Waals surface area contributed by atoms with Crippen LogP contribution in [0, 0.1) is 0 Å². The lowest BCUT2D eigenvalue weighted by molar-refractivity contribution is -0.142. The smallest absolute Gasteiger partial charge is 0.410 e. The largest absolute Gasteiger partial charge is 0.466 e. The fourth-order valence-electron chi connectivity index (χ4n) is 3.31. The van der Waals surface area contributed by atoms with Crippen LogP contribution < -0.4 is 0 Å². The molecule has 3 rings (SSSR count). The molecule has 7 nitrogen and oxygen atoms in total. The normalized spacial score (nSPS) is 16.9. The Morgan fingerprint density at radius 2 is 2.07 bits per heavy atom. The summed E-state index contributed by atoms with van der Waals surface area (Å²) in [7, 11) is 0. The first-order chi connectivity index (χ1) is 12.7. The third kappa shape index (κ3) is 4.07. The lowest BCUT2D eigenvalue weighted by Crippen LogP contribution is -2.45. The third-order valence-electron chi connectivity index (χ3n) is 4.53. The minimum atomic E-state index is -0.534. The monoisotopic (exact) mass is 374 g/mol. The molecule has 1 aliphatic heterocycles. The molecule has 1 atom stereocenters. The molecule has 0 bridgehead atoms. The molecule has 0 radical (unpaired) electrons. The molecule has 0 aliphatic carbocycles. The molecule has 7 heteroatoms. The molecule has 0 fully saturated rings. The summed E-state index contributed by atoms with van der Waals surface area (Å²) < 4.78 is 16.1. The topological polar surface area (TPSA) is 81.9 Å². The minimum Gasteiger partial charge on any atom is -0.466 e. The molecule has 0 saturated carbocycles. The van der Waals surface area contributed by atoms with Gasteiger partial charge in [0.15, 0.2) is 5.58 Å². The van der Waals surface area contributed by atoms with E-state index >= 15 is 0 Å². The van der Waals surface area contributed by atoms with Crippen molar-refractivity contribution in [2.75, 3.05) is 6.61 Å². The summed E-state index contributed by atoms with van der Waals surface area (Å²) in [4.78, 5) is 26.0. The van der Waals surface area contributed by atoms with Crippen molar-refractivity contribution in [1.29, 1.82) is 0 Å². The molecular formula is C20H26N2O5. The quantitative estimate of drug-likeness (QED) is 0.763. The molecule has 2 heterocycles. The Bertz CT molecular complexity index is 865. The maximum absolute atomic E-state index is 12.5. The van der Waals surface area contributed by atoms with Crippen molar-refractivity contribution in [3.8, 4) is 0 Å². The average Bonchev–Trinajstić information content (AvgIpc) is 2.96. The second kappa shape index (κ2) is 7.21. The molecule has 1 unspecified atom stereocenters. The van der Waals surface area contributed by atoms with Crippen molar-refractivity contribution in [2.45, 2.75) is 65.6 Å². The van der Waals surface area contributed by atoms with Crippen LogP contribution in [0.3, 0.4) is 0 Å². The highest BCUT2D eigenvalue weighted by Gasteiger charge is 2.32. The Labute approximate surface area is 158 Å². The number of nitrogens with zero attached hydrogens (tertiary/aromatic N) is 2. The summed E-state index contributed by atoms with van der Waals surface area (Å²) >= 11 is 0. The summed E-state index contributed by atoms with van der Waals surface area (Å²) in [6, 6.07) is 3.83. The predicted molar refractivity (Wildman–Crippen MR) is 99.3 cm³/mol. The zero-order chi connectivity index (χ0) is 19.8. The van der Waals surface area contributed by atoms with Gasteiger partial charge in [0.25, 0.3) is 0 Å². The number of rotatable bonds is 3. The van der Waals surface area contributed by atoms with Gasteiger partial charge in [0, 0.05) is 23.5 Å². The van der Waals surface area contributed by atoms with E-state index in [-0.39, 0.29) is 24.5 Å². The second-order valence-electron chi connectivity index (χ2n) is 7.85. The number of carbonyl (C=O) groups excluding carboxylic acids is 2. The molecule has 0 saturated heterocycles. The molecule has 1 aromatic carbocycles. The van der Waals surface area contributed by atoms with Crippen LogP contribution in [0.15, 0.2) is 16.7 Å². The molecule has 1 amide bonds. The van der Waals surface area contributed by atoms with Gasteiger partial charge in [-0.1, -0.05) is 11.2 Å². The fourth-order valence-corrected chi connectivity index (χ4v) is 3.31. The van der Waals surface area contributed by atoms with Crippen LogP contribution in [-0.2, 0) is 33.7 Å². The number of fused-ring (bicyclic) bond motifs is 3. The first-order valence-corrected chi connectivity index (χ1v) is 9.24. The van der Waals surface area contributed by atoms with Gasteiger partial charge in [-0.15, -0.1) is 0 Å². The highest BCUT2D eigenvalue weighted by atomic mass is 16.6. The third-order valence-corrected chi connectivity index (χ3v) is 4.53. The molecule has 0 spiro atoms. The molecule has 2 aromatic rings. The summed E-state index contributed by atoms with van der Waals surface area (Å²) in [6.45, 7) is 10.1. The maximum atomic E-state index is 12.5. The van der Waals surface area contributed by atoms with Crippen LogP contribution in [0.1, 0.15) is 51.4 Å². The first-order valence-electron chi connectivity index (χ1n) is 9.24. The molecule has 146 valence electrons. The van der Waals surface area contributed by atoms with Crippen molar-refractivity contribution >= 4 is 23.0 Å². The summed E-state index contributed by atoms with van der Waals surface area (Å²) in [5.41, 5.74) is 2.76. The van der Waals surface area contributed by atoms with E-state index in [9.17, 15) is 9.59 Å². The van der Waals surface area contributed by atoms with E-state index in [1.807, 2.05) is 39.8 Å². The number of esters is 1. The van der Waals surface area contributed by atoms with Crippen LogP contribution >= 0.6 is 0 Å². The van der Waals surface area contributed by atoms with Gasteiger partial charge >= 0.3 is 12.1 Å². The van der Waals surface area contributed by atoms with Gasteiger partial charge in [-0.05, 0) is 52.7 Å². The molecule has 27 heavy (non-hydrogen) atoms. The van der Waals surface area contributed by atoms with Crippen LogP contribution in [0.2, 0.25) is 0 Å². The van der Waals surface area contributed by atoms with E-state index in [0.717, 1.165) is 16.5 Å². The van der Waals surface area contributed by atoms with Gasteiger partial charge in [0.1, 0.15) is 11.3 Å². The van der Waals surface area contributed by atoms with Crippen molar-refractivity contribution in [1.82, 2.24) is 10.1 Å². The van der Waals surface area contributed by atoms with Gasteiger partial charge in [0.05, 0.1) is 13.0 Å². The van der Waals surface area contributed by atoms with E-state index < -0.39 is 5.60 Å². The second-order valence-corrected chi connectivity index (χ2v) is 7.85. The number of carbonyl (C=O) groups is 2. The zero-order valence-electron chi connectivity index (χ0n) is 16.5. The standard InChI is InChI=1S/C20H26N2O5/c1-6-25-17(23)10-16-14-8-7-13-11-22(19(24)26-20(3,4)5)12(2)9-15(13)18(14)27-21-16/h7-8,12H,6,9-11H2,1-5H3. The highest BCUT2D eigenvalue weighted by Crippen LogP contribution is 2.32. The minimum absolute atomic E-state index is 0.0310. The van der Waals surface area contributed by atoms with Crippen molar-refractivity contribution in [3.05, 3.63) is 29.0 Å². The van der Waals surface area contributed by atoms with Crippen molar-refractivity contribution in [3.63, 3.8) is 0 Å². The number of benzene rings is 1. The first kappa shape index (κ1) is 19.2. The fraction of sp³-hybridized carbons (Fsp3) is 0.550. The molecule has 0 N–H and O–H groups in total. The Morgan fingerprint density at radius 3 is 2.74 bits per heavy atom. The van der Waals surface area contributed by atoms with E-state index in [4.69, 9.17) is 14.0 Å². The van der Waals surface area contributed by atoms with Crippen molar-refractivity contribution in [2.24, 2.45) is 0 Å². The summed E-state index contributed by atoms with van der Waals surface area (Å²) in [5, 5.41) is 4.89.